The molecule has 2 aromatic carbocycles. The molecule has 0 unspecified atom stereocenters. The number of hydrogen-bond donors (Lipinski definition) is 0. The van der Waals surface area contributed by atoms with Gasteiger partial charge in [-0.05, 0) is 48.4 Å². The van der Waals surface area contributed by atoms with Gasteiger partial charge < -0.3 is 14.5 Å². The van der Waals surface area contributed by atoms with Gasteiger partial charge in [0.15, 0.2) is 0 Å². The average Bonchev–Trinajstić information content (AvgIpc) is 2.93. The molecule has 0 bridgehead atoms. The minimum Gasteiger partial charge on any atom is -0.497 e. The molecule has 1 saturated heterocycles. The van der Waals surface area contributed by atoms with Crippen molar-refractivity contribution in [2.45, 2.75) is 6.42 Å². The molecule has 2 aromatic rings. The van der Waals surface area contributed by atoms with Crippen LogP contribution >= 0.6 is 15.9 Å². The van der Waals surface area contributed by atoms with Crippen LogP contribution in [-0.4, -0.2) is 44.1 Å². The summed E-state index contributed by atoms with van der Waals surface area (Å²) in [6, 6.07) is 16.0. The summed E-state index contributed by atoms with van der Waals surface area (Å²) in [5.74, 6) is 0.926. The fraction of sp³-hybridized carbons (Fsp3) is 0.286. The molecule has 0 radical (unpaired) electrons. The number of rotatable bonds is 4. The SMILES string of the molecule is COc1ccc(N2CCCN(C(=O)/C=C/c3ccccc3Br)CC2)cc1. The fourth-order valence-electron chi connectivity index (χ4n) is 3.07. The lowest BCUT2D eigenvalue weighted by atomic mass is 10.2. The molecule has 0 spiro atoms. The van der Waals surface area contributed by atoms with E-state index in [9.17, 15) is 4.79 Å². The lowest BCUT2D eigenvalue weighted by molar-refractivity contribution is -0.125. The van der Waals surface area contributed by atoms with Crippen LogP contribution in [0, 0.1) is 0 Å². The van der Waals surface area contributed by atoms with Gasteiger partial charge in [-0.1, -0.05) is 34.1 Å². The largest absolute Gasteiger partial charge is 0.497 e. The Labute approximate surface area is 163 Å². The first-order valence-electron chi connectivity index (χ1n) is 8.78. The van der Waals surface area contributed by atoms with E-state index in [4.69, 9.17) is 4.74 Å². The monoisotopic (exact) mass is 414 g/mol. The molecule has 3 rings (SSSR count). The third-order valence-corrected chi connectivity index (χ3v) is 5.28. The molecule has 4 nitrogen and oxygen atoms in total. The molecule has 5 heteroatoms. The van der Waals surface area contributed by atoms with Crippen molar-refractivity contribution < 1.29 is 9.53 Å². The van der Waals surface area contributed by atoms with Crippen LogP contribution in [0.1, 0.15) is 12.0 Å². The second kappa shape index (κ2) is 8.90. The first kappa shape index (κ1) is 18.5. The Balaban J connectivity index is 1.60. The molecule has 1 aliphatic rings. The molecule has 1 heterocycles. The molecule has 26 heavy (non-hydrogen) atoms. The Bertz CT molecular complexity index is 774. The lowest BCUT2D eigenvalue weighted by Gasteiger charge is -2.23. The molecule has 136 valence electrons. The van der Waals surface area contributed by atoms with Crippen LogP contribution < -0.4 is 9.64 Å². The maximum atomic E-state index is 12.6. The standard InChI is InChI=1S/C21H23BrN2O2/c1-26-19-10-8-18(9-11-19)23-13-4-14-24(16-15-23)21(25)12-7-17-5-2-3-6-20(17)22/h2-3,5-12H,4,13-16H2,1H3/b12-7+. The summed E-state index contributed by atoms with van der Waals surface area (Å²) in [5, 5.41) is 0. The number of ether oxygens (including phenoxy) is 1. The van der Waals surface area contributed by atoms with Crippen molar-refractivity contribution in [3.8, 4) is 5.75 Å². The van der Waals surface area contributed by atoms with Crippen LogP contribution in [0.15, 0.2) is 59.1 Å². The molecule has 1 fully saturated rings. The molecule has 0 aromatic heterocycles. The number of halogens is 1. The van der Waals surface area contributed by atoms with Crippen molar-refractivity contribution in [2.24, 2.45) is 0 Å². The van der Waals surface area contributed by atoms with Gasteiger partial charge in [-0.25, -0.2) is 0 Å². The zero-order chi connectivity index (χ0) is 18.4. The van der Waals surface area contributed by atoms with Gasteiger partial charge in [0, 0.05) is 42.4 Å². The van der Waals surface area contributed by atoms with Gasteiger partial charge >= 0.3 is 0 Å². The highest BCUT2D eigenvalue weighted by atomic mass is 79.9. The van der Waals surface area contributed by atoms with Crippen molar-refractivity contribution in [1.29, 1.82) is 0 Å². The van der Waals surface area contributed by atoms with Gasteiger partial charge in [0.2, 0.25) is 5.91 Å². The number of methoxy groups -OCH3 is 1. The summed E-state index contributed by atoms with van der Waals surface area (Å²) >= 11 is 3.51. The highest BCUT2D eigenvalue weighted by Gasteiger charge is 2.18. The van der Waals surface area contributed by atoms with E-state index in [1.165, 1.54) is 5.69 Å². The minimum absolute atomic E-state index is 0.0670. The Morgan fingerprint density at radius 2 is 1.81 bits per heavy atom. The highest BCUT2D eigenvalue weighted by Crippen LogP contribution is 2.21. The van der Waals surface area contributed by atoms with Crippen LogP contribution in [0.2, 0.25) is 0 Å². The van der Waals surface area contributed by atoms with Gasteiger partial charge in [0.1, 0.15) is 5.75 Å². The summed E-state index contributed by atoms with van der Waals surface area (Å²) < 4.78 is 6.21. The second-order valence-corrected chi connectivity index (χ2v) is 7.07. The first-order valence-corrected chi connectivity index (χ1v) is 9.57. The van der Waals surface area contributed by atoms with Crippen LogP contribution in [0.5, 0.6) is 5.75 Å². The molecule has 0 N–H and O–H groups in total. The topological polar surface area (TPSA) is 32.8 Å². The smallest absolute Gasteiger partial charge is 0.246 e. The highest BCUT2D eigenvalue weighted by molar-refractivity contribution is 9.10. The second-order valence-electron chi connectivity index (χ2n) is 6.22. The molecule has 0 saturated carbocycles. The quantitative estimate of drug-likeness (QED) is 0.702. The number of benzene rings is 2. The van der Waals surface area contributed by atoms with Gasteiger partial charge in [-0.2, -0.15) is 0 Å². The van der Waals surface area contributed by atoms with Gasteiger partial charge in [0.25, 0.3) is 0 Å². The fourth-order valence-corrected chi connectivity index (χ4v) is 3.48. The summed E-state index contributed by atoms with van der Waals surface area (Å²) in [4.78, 5) is 16.8. The van der Waals surface area contributed by atoms with E-state index < -0.39 is 0 Å². The summed E-state index contributed by atoms with van der Waals surface area (Å²) in [5.41, 5.74) is 2.18. The third kappa shape index (κ3) is 4.67. The first-order chi connectivity index (χ1) is 12.7. The molecular weight excluding hydrogens is 392 g/mol. The van der Waals surface area contributed by atoms with Gasteiger partial charge in [-0.15, -0.1) is 0 Å². The maximum absolute atomic E-state index is 12.6. The third-order valence-electron chi connectivity index (χ3n) is 4.56. The number of hydrogen-bond acceptors (Lipinski definition) is 3. The van der Waals surface area contributed by atoms with E-state index in [0.717, 1.165) is 48.4 Å². The van der Waals surface area contributed by atoms with Crippen LogP contribution in [-0.2, 0) is 4.79 Å². The van der Waals surface area contributed by atoms with Crippen molar-refractivity contribution in [2.75, 3.05) is 38.2 Å². The normalized spacial score (nSPS) is 15.2. The van der Waals surface area contributed by atoms with Crippen molar-refractivity contribution in [1.82, 2.24) is 4.90 Å². The summed E-state index contributed by atoms with van der Waals surface area (Å²) in [6.07, 6.45) is 4.50. The number of anilines is 1. The molecule has 0 atom stereocenters. The predicted molar refractivity (Wildman–Crippen MR) is 110 cm³/mol. The van der Waals surface area contributed by atoms with Crippen molar-refractivity contribution >= 4 is 33.6 Å². The predicted octanol–water partition coefficient (Wildman–Crippen LogP) is 4.21. The molecule has 1 aliphatic heterocycles. The Kier molecular flexibility index (Phi) is 6.34. The van der Waals surface area contributed by atoms with E-state index in [1.807, 2.05) is 47.4 Å². The Hall–Kier alpha value is -2.27. The average molecular weight is 415 g/mol. The van der Waals surface area contributed by atoms with E-state index in [-0.39, 0.29) is 5.91 Å². The van der Waals surface area contributed by atoms with E-state index in [2.05, 4.69) is 33.0 Å². The Morgan fingerprint density at radius 3 is 2.54 bits per heavy atom. The lowest BCUT2D eigenvalue weighted by Crippen LogP contribution is -2.34. The van der Waals surface area contributed by atoms with Crippen LogP contribution in [0.4, 0.5) is 5.69 Å². The minimum atomic E-state index is 0.0670. The molecule has 1 amide bonds. The number of amides is 1. The molecular formula is C21H23BrN2O2. The van der Waals surface area contributed by atoms with Crippen molar-refractivity contribution in [3.63, 3.8) is 0 Å². The van der Waals surface area contributed by atoms with Crippen LogP contribution in [0.3, 0.4) is 0 Å². The Morgan fingerprint density at radius 1 is 1.04 bits per heavy atom. The van der Waals surface area contributed by atoms with E-state index >= 15 is 0 Å². The summed E-state index contributed by atoms with van der Waals surface area (Å²) in [6.45, 7) is 3.29. The molecule has 0 aliphatic carbocycles. The number of carbonyl (C=O) groups is 1. The number of nitrogens with zero attached hydrogens (tertiary/aromatic N) is 2. The zero-order valence-corrected chi connectivity index (χ0v) is 16.5. The van der Waals surface area contributed by atoms with E-state index in [1.54, 1.807) is 13.2 Å². The maximum Gasteiger partial charge on any atom is 0.246 e. The summed E-state index contributed by atoms with van der Waals surface area (Å²) in [7, 11) is 1.67. The van der Waals surface area contributed by atoms with Crippen LogP contribution in [0.25, 0.3) is 6.08 Å². The number of carbonyl (C=O) groups excluding carboxylic acids is 1. The zero-order valence-electron chi connectivity index (χ0n) is 14.9. The van der Waals surface area contributed by atoms with Crippen molar-refractivity contribution in [3.05, 3.63) is 64.6 Å². The van der Waals surface area contributed by atoms with Gasteiger partial charge in [-0.3, -0.25) is 4.79 Å². The van der Waals surface area contributed by atoms with E-state index in [0.29, 0.717) is 0 Å². The van der Waals surface area contributed by atoms with Gasteiger partial charge in [0.05, 0.1) is 7.11 Å².